The van der Waals surface area contributed by atoms with E-state index in [2.05, 4.69) is 25.3 Å². The third-order valence-corrected chi connectivity index (χ3v) is 4.07. The van der Waals surface area contributed by atoms with Crippen molar-refractivity contribution < 1.29 is 14.3 Å². The molecule has 2 N–H and O–H groups in total. The summed E-state index contributed by atoms with van der Waals surface area (Å²) in [6.07, 6.45) is 0.941. The monoisotopic (exact) mass is 314 g/mol. The molecule has 6 heteroatoms. The van der Waals surface area contributed by atoms with E-state index in [1.54, 1.807) is 25.6 Å². The minimum atomic E-state index is -0.570. The van der Waals surface area contributed by atoms with Crippen LogP contribution in [0.15, 0.2) is 16.8 Å². The third-order valence-electron chi connectivity index (χ3n) is 3.34. The SMILES string of the molecule is COC(OC)N(CCc1ccsc1)[C@@H](CC(C)C)C(N)=O. The maximum atomic E-state index is 11.8. The molecule has 0 aliphatic heterocycles. The Morgan fingerprint density at radius 1 is 1.38 bits per heavy atom. The number of nitrogens with zero attached hydrogens (tertiary/aromatic N) is 1. The summed E-state index contributed by atoms with van der Waals surface area (Å²) in [4.78, 5) is 13.7. The van der Waals surface area contributed by atoms with Gasteiger partial charge in [-0.15, -0.1) is 0 Å². The lowest BCUT2D eigenvalue weighted by Gasteiger charge is -2.35. The number of rotatable bonds is 10. The lowest BCUT2D eigenvalue weighted by Crippen LogP contribution is -2.52. The molecule has 1 aromatic heterocycles. The highest BCUT2D eigenvalue weighted by molar-refractivity contribution is 7.07. The molecule has 0 unspecified atom stereocenters. The molecule has 1 aromatic rings. The summed E-state index contributed by atoms with van der Waals surface area (Å²) in [5.74, 6) is 0.0219. The van der Waals surface area contributed by atoms with E-state index in [1.807, 2.05) is 10.3 Å². The number of carbonyl (C=O) groups is 1. The van der Waals surface area contributed by atoms with E-state index in [4.69, 9.17) is 15.2 Å². The van der Waals surface area contributed by atoms with Crippen molar-refractivity contribution in [2.24, 2.45) is 11.7 Å². The van der Waals surface area contributed by atoms with Crippen LogP contribution < -0.4 is 5.73 Å². The lowest BCUT2D eigenvalue weighted by molar-refractivity contribution is -0.209. The van der Waals surface area contributed by atoms with Crippen molar-refractivity contribution in [1.82, 2.24) is 4.90 Å². The molecule has 0 saturated heterocycles. The molecular formula is C15H26N2O3S. The molecule has 0 aliphatic rings. The van der Waals surface area contributed by atoms with Gasteiger partial charge >= 0.3 is 0 Å². The number of ether oxygens (including phenoxy) is 2. The van der Waals surface area contributed by atoms with Crippen LogP contribution >= 0.6 is 11.3 Å². The molecule has 0 aromatic carbocycles. The van der Waals surface area contributed by atoms with E-state index in [0.29, 0.717) is 18.9 Å². The van der Waals surface area contributed by atoms with Crippen LogP contribution in [-0.4, -0.2) is 44.0 Å². The topological polar surface area (TPSA) is 64.8 Å². The van der Waals surface area contributed by atoms with Crippen molar-refractivity contribution in [3.05, 3.63) is 22.4 Å². The molecule has 0 radical (unpaired) electrons. The second-order valence-electron chi connectivity index (χ2n) is 5.45. The van der Waals surface area contributed by atoms with E-state index in [9.17, 15) is 4.79 Å². The van der Waals surface area contributed by atoms with Gasteiger partial charge in [0.15, 0.2) is 0 Å². The number of carbonyl (C=O) groups excluding carboxylic acids is 1. The molecule has 0 saturated carbocycles. The van der Waals surface area contributed by atoms with E-state index < -0.39 is 12.5 Å². The number of thiophene rings is 1. The van der Waals surface area contributed by atoms with Gasteiger partial charge in [-0.2, -0.15) is 11.3 Å². The summed E-state index contributed by atoms with van der Waals surface area (Å²) in [6.45, 7) is 4.80. The average Bonchev–Trinajstić information content (AvgIpc) is 2.94. The van der Waals surface area contributed by atoms with E-state index >= 15 is 0 Å². The molecule has 1 rings (SSSR count). The Hall–Kier alpha value is -0.950. The number of hydrogen-bond donors (Lipinski definition) is 1. The molecular weight excluding hydrogens is 288 g/mol. The lowest BCUT2D eigenvalue weighted by atomic mass is 10.0. The number of hydrogen-bond acceptors (Lipinski definition) is 5. The fourth-order valence-electron chi connectivity index (χ4n) is 2.33. The van der Waals surface area contributed by atoms with Gasteiger partial charge in [0.25, 0.3) is 0 Å². The van der Waals surface area contributed by atoms with Crippen molar-refractivity contribution in [3.8, 4) is 0 Å². The normalized spacial score (nSPS) is 13.3. The van der Waals surface area contributed by atoms with E-state index in [0.717, 1.165) is 6.42 Å². The minimum absolute atomic E-state index is 0.340. The highest BCUT2D eigenvalue weighted by atomic mass is 32.1. The van der Waals surface area contributed by atoms with Gasteiger partial charge in [0.2, 0.25) is 12.3 Å². The maximum Gasteiger partial charge on any atom is 0.234 e. The summed E-state index contributed by atoms with van der Waals surface area (Å²) in [6, 6.07) is 1.69. The first-order chi connectivity index (χ1) is 9.99. The van der Waals surface area contributed by atoms with Crippen LogP contribution in [0, 0.1) is 5.92 Å². The first-order valence-corrected chi connectivity index (χ1v) is 8.05. The molecule has 120 valence electrons. The average molecular weight is 314 g/mol. The summed E-state index contributed by atoms with van der Waals surface area (Å²) in [5, 5.41) is 4.15. The van der Waals surface area contributed by atoms with Crippen molar-refractivity contribution in [1.29, 1.82) is 0 Å². The summed E-state index contributed by atoms with van der Waals surface area (Å²) < 4.78 is 10.7. The quantitative estimate of drug-likeness (QED) is 0.672. The molecule has 0 aliphatic carbocycles. The minimum Gasteiger partial charge on any atom is -0.368 e. The molecule has 0 bridgehead atoms. The van der Waals surface area contributed by atoms with Gasteiger partial charge in [0, 0.05) is 20.8 Å². The third kappa shape index (κ3) is 5.74. The predicted molar refractivity (Wildman–Crippen MR) is 85.0 cm³/mol. The van der Waals surface area contributed by atoms with Gasteiger partial charge < -0.3 is 15.2 Å². The van der Waals surface area contributed by atoms with Gasteiger partial charge in [-0.25, -0.2) is 4.90 Å². The van der Waals surface area contributed by atoms with Crippen molar-refractivity contribution >= 4 is 17.2 Å². The molecule has 0 fully saturated rings. The summed E-state index contributed by atoms with van der Waals surface area (Å²) in [7, 11) is 3.14. The van der Waals surface area contributed by atoms with E-state index in [1.165, 1.54) is 5.56 Å². The molecule has 1 amide bonds. The fourth-order valence-corrected chi connectivity index (χ4v) is 3.03. The van der Waals surface area contributed by atoms with Gasteiger partial charge in [0.1, 0.15) is 0 Å². The molecule has 1 heterocycles. The van der Waals surface area contributed by atoms with Crippen LogP contribution in [0.1, 0.15) is 25.8 Å². The van der Waals surface area contributed by atoms with Crippen molar-refractivity contribution in [2.45, 2.75) is 39.1 Å². The van der Waals surface area contributed by atoms with E-state index in [-0.39, 0.29) is 5.91 Å². The van der Waals surface area contributed by atoms with Crippen LogP contribution in [-0.2, 0) is 20.7 Å². The predicted octanol–water partition coefficient (Wildman–Crippen LogP) is 2.07. The zero-order valence-corrected chi connectivity index (χ0v) is 14.1. The first-order valence-electron chi connectivity index (χ1n) is 7.11. The fraction of sp³-hybridized carbons (Fsp3) is 0.667. The standard InChI is InChI=1S/C15H26N2O3S/c1-11(2)9-13(14(16)18)17(15(19-3)20-4)7-5-12-6-8-21-10-12/h6,8,10-11,13,15H,5,7,9H2,1-4H3,(H2,16,18)/t13-/m0/s1. The second kappa shape index (κ2) is 9.15. The van der Waals surface area contributed by atoms with Crippen molar-refractivity contribution in [3.63, 3.8) is 0 Å². The number of primary amides is 1. The van der Waals surface area contributed by atoms with Crippen LogP contribution in [0.5, 0.6) is 0 Å². The summed E-state index contributed by atoms with van der Waals surface area (Å²) >= 11 is 1.66. The highest BCUT2D eigenvalue weighted by Crippen LogP contribution is 2.17. The van der Waals surface area contributed by atoms with Gasteiger partial charge in [0.05, 0.1) is 6.04 Å². The Morgan fingerprint density at radius 2 is 2.05 bits per heavy atom. The number of amides is 1. The number of methoxy groups -OCH3 is 2. The molecule has 5 nitrogen and oxygen atoms in total. The first kappa shape index (κ1) is 18.1. The van der Waals surface area contributed by atoms with Crippen LogP contribution in [0.4, 0.5) is 0 Å². The Bertz CT molecular complexity index is 405. The Balaban J connectivity index is 2.84. The van der Waals surface area contributed by atoms with Crippen LogP contribution in [0.3, 0.4) is 0 Å². The smallest absolute Gasteiger partial charge is 0.234 e. The van der Waals surface area contributed by atoms with Crippen molar-refractivity contribution in [2.75, 3.05) is 20.8 Å². The largest absolute Gasteiger partial charge is 0.368 e. The van der Waals surface area contributed by atoms with Gasteiger partial charge in [-0.1, -0.05) is 13.8 Å². The Labute approximate surface area is 131 Å². The van der Waals surface area contributed by atoms with Crippen LogP contribution in [0.2, 0.25) is 0 Å². The zero-order valence-electron chi connectivity index (χ0n) is 13.2. The zero-order chi connectivity index (χ0) is 15.8. The molecule has 1 atom stereocenters. The van der Waals surface area contributed by atoms with Gasteiger partial charge in [-0.3, -0.25) is 4.79 Å². The molecule has 0 spiro atoms. The van der Waals surface area contributed by atoms with Crippen LogP contribution in [0.25, 0.3) is 0 Å². The number of nitrogens with two attached hydrogens (primary N) is 1. The maximum absolute atomic E-state index is 11.8. The molecule has 21 heavy (non-hydrogen) atoms. The highest BCUT2D eigenvalue weighted by Gasteiger charge is 2.30. The second-order valence-corrected chi connectivity index (χ2v) is 6.23. The van der Waals surface area contributed by atoms with Gasteiger partial charge in [-0.05, 0) is 41.1 Å². The Kier molecular flexibility index (Phi) is 7.88. The summed E-state index contributed by atoms with van der Waals surface area (Å²) in [5.41, 5.74) is 6.83. The Morgan fingerprint density at radius 3 is 2.48 bits per heavy atom.